The van der Waals surface area contributed by atoms with Crippen molar-refractivity contribution in [2.24, 2.45) is 11.8 Å². The first kappa shape index (κ1) is 9.00. The minimum absolute atomic E-state index is 0.156. The van der Waals surface area contributed by atoms with Crippen LogP contribution in [-0.2, 0) is 4.79 Å². The highest BCUT2D eigenvalue weighted by Crippen LogP contribution is 2.30. The summed E-state index contributed by atoms with van der Waals surface area (Å²) in [6.45, 7) is 5.09. The van der Waals surface area contributed by atoms with E-state index in [1.165, 1.54) is 6.42 Å². The second kappa shape index (κ2) is 3.29. The third-order valence-electron chi connectivity index (χ3n) is 3.58. The Morgan fingerprint density at radius 2 is 1.77 bits per heavy atom. The third kappa shape index (κ3) is 1.70. The first-order chi connectivity index (χ1) is 6.16. The van der Waals surface area contributed by atoms with E-state index in [0.717, 1.165) is 18.3 Å². The fraction of sp³-hybridized carbons (Fsp3) is 0.900. The molecule has 0 radical (unpaired) electrons. The lowest BCUT2D eigenvalue weighted by Gasteiger charge is -2.42. The minimum Gasteiger partial charge on any atom is -0.351 e. The number of nitrogens with one attached hydrogen (secondary N) is 2. The molecule has 3 heteroatoms. The van der Waals surface area contributed by atoms with Gasteiger partial charge in [0.15, 0.2) is 0 Å². The third-order valence-corrected chi connectivity index (χ3v) is 3.58. The lowest BCUT2D eigenvalue weighted by atomic mass is 9.75. The van der Waals surface area contributed by atoms with E-state index >= 15 is 0 Å². The van der Waals surface area contributed by atoms with Gasteiger partial charge in [0.05, 0.1) is 6.54 Å². The summed E-state index contributed by atoms with van der Waals surface area (Å²) in [5.74, 6) is 1.67. The molecule has 74 valence electrons. The van der Waals surface area contributed by atoms with Gasteiger partial charge in [-0.15, -0.1) is 0 Å². The van der Waals surface area contributed by atoms with Crippen LogP contribution in [0.2, 0.25) is 0 Å². The van der Waals surface area contributed by atoms with Gasteiger partial charge in [0, 0.05) is 12.1 Å². The van der Waals surface area contributed by atoms with Gasteiger partial charge in [-0.2, -0.15) is 0 Å². The molecule has 13 heavy (non-hydrogen) atoms. The average Bonchev–Trinajstić information content (AvgIpc) is 2.08. The van der Waals surface area contributed by atoms with Crippen LogP contribution in [0.1, 0.15) is 26.7 Å². The van der Waals surface area contributed by atoms with Crippen molar-refractivity contribution in [2.75, 3.05) is 6.54 Å². The number of carbonyl (C=O) groups excluding carboxylic acids is 1. The predicted molar refractivity (Wildman–Crippen MR) is 51.3 cm³/mol. The molecule has 2 aliphatic rings. The van der Waals surface area contributed by atoms with Crippen molar-refractivity contribution in [2.45, 2.75) is 38.8 Å². The molecule has 1 saturated heterocycles. The molecule has 1 saturated carbocycles. The molecule has 0 aromatic heterocycles. The zero-order valence-electron chi connectivity index (χ0n) is 8.34. The molecule has 1 aliphatic heterocycles. The molecule has 1 heterocycles. The van der Waals surface area contributed by atoms with Crippen LogP contribution < -0.4 is 10.6 Å². The van der Waals surface area contributed by atoms with E-state index in [2.05, 4.69) is 24.5 Å². The molecular weight excluding hydrogens is 164 g/mol. The molecule has 0 aromatic rings. The number of hydrogen-bond donors (Lipinski definition) is 2. The Hall–Kier alpha value is -0.570. The van der Waals surface area contributed by atoms with Crippen LogP contribution in [-0.4, -0.2) is 24.5 Å². The van der Waals surface area contributed by atoms with Crippen molar-refractivity contribution in [3.05, 3.63) is 0 Å². The van der Waals surface area contributed by atoms with Crippen LogP contribution in [0.25, 0.3) is 0 Å². The van der Waals surface area contributed by atoms with E-state index in [1.54, 1.807) is 0 Å². The van der Waals surface area contributed by atoms with E-state index < -0.39 is 0 Å². The molecule has 0 bridgehead atoms. The van der Waals surface area contributed by atoms with Crippen molar-refractivity contribution >= 4 is 5.91 Å². The van der Waals surface area contributed by atoms with E-state index in [4.69, 9.17) is 0 Å². The smallest absolute Gasteiger partial charge is 0.234 e. The largest absolute Gasteiger partial charge is 0.351 e. The molecule has 0 aromatic carbocycles. The van der Waals surface area contributed by atoms with Crippen molar-refractivity contribution in [3.63, 3.8) is 0 Å². The Bertz CT molecular complexity index is 217. The number of piperazine rings is 1. The first-order valence-corrected chi connectivity index (χ1v) is 5.19. The summed E-state index contributed by atoms with van der Waals surface area (Å²) in [5.41, 5.74) is 0. The number of amides is 1. The molecular formula is C10H18N2O. The van der Waals surface area contributed by atoms with Gasteiger partial charge in [-0.05, 0) is 24.7 Å². The quantitative estimate of drug-likeness (QED) is 0.573. The molecule has 4 unspecified atom stereocenters. The van der Waals surface area contributed by atoms with E-state index in [0.29, 0.717) is 18.6 Å². The summed E-state index contributed by atoms with van der Waals surface area (Å²) in [5, 5.41) is 6.38. The zero-order chi connectivity index (χ0) is 9.42. The molecule has 2 rings (SSSR count). The van der Waals surface area contributed by atoms with E-state index in [9.17, 15) is 4.79 Å². The standard InChI is InChI=1S/C10H18N2O/c1-6-3-8-9(4-7(6)2)12-10(13)5-11-8/h6-9,11H,3-5H2,1-2H3,(H,12,13). The van der Waals surface area contributed by atoms with Gasteiger partial charge in [0.2, 0.25) is 5.91 Å². The molecule has 2 fully saturated rings. The summed E-state index contributed by atoms with van der Waals surface area (Å²) in [6.07, 6.45) is 2.33. The molecule has 3 nitrogen and oxygen atoms in total. The Labute approximate surface area is 79.3 Å². The lowest BCUT2D eigenvalue weighted by Crippen LogP contribution is -2.61. The van der Waals surface area contributed by atoms with Crippen LogP contribution in [0.4, 0.5) is 0 Å². The van der Waals surface area contributed by atoms with Crippen LogP contribution in [0.15, 0.2) is 0 Å². The highest BCUT2D eigenvalue weighted by molar-refractivity contribution is 5.79. The summed E-state index contributed by atoms with van der Waals surface area (Å²) < 4.78 is 0. The number of carbonyl (C=O) groups is 1. The normalized spacial score (nSPS) is 45.2. The van der Waals surface area contributed by atoms with Crippen LogP contribution in [0.5, 0.6) is 0 Å². The average molecular weight is 182 g/mol. The van der Waals surface area contributed by atoms with Gasteiger partial charge < -0.3 is 10.6 Å². The summed E-state index contributed by atoms with van der Waals surface area (Å²) in [6, 6.07) is 0.899. The number of hydrogen-bond acceptors (Lipinski definition) is 2. The summed E-state index contributed by atoms with van der Waals surface area (Å²) in [7, 11) is 0. The van der Waals surface area contributed by atoms with Gasteiger partial charge in [-0.25, -0.2) is 0 Å². The first-order valence-electron chi connectivity index (χ1n) is 5.19. The van der Waals surface area contributed by atoms with Gasteiger partial charge in [-0.3, -0.25) is 4.79 Å². The maximum absolute atomic E-state index is 11.1. The highest BCUT2D eigenvalue weighted by atomic mass is 16.2. The highest BCUT2D eigenvalue weighted by Gasteiger charge is 2.36. The van der Waals surface area contributed by atoms with Gasteiger partial charge in [0.1, 0.15) is 0 Å². The van der Waals surface area contributed by atoms with Crippen molar-refractivity contribution in [1.29, 1.82) is 0 Å². The van der Waals surface area contributed by atoms with Crippen LogP contribution >= 0.6 is 0 Å². The number of fused-ring (bicyclic) bond motifs is 1. The van der Waals surface area contributed by atoms with Gasteiger partial charge >= 0.3 is 0 Å². The number of rotatable bonds is 0. The van der Waals surface area contributed by atoms with E-state index in [1.807, 2.05) is 0 Å². The second-order valence-electron chi connectivity index (χ2n) is 4.59. The Morgan fingerprint density at radius 3 is 2.46 bits per heavy atom. The van der Waals surface area contributed by atoms with Crippen LogP contribution in [0, 0.1) is 11.8 Å². The Balaban J connectivity index is 2.02. The summed E-state index contributed by atoms with van der Waals surface area (Å²) >= 11 is 0. The maximum atomic E-state index is 11.1. The van der Waals surface area contributed by atoms with E-state index in [-0.39, 0.29) is 5.91 Å². The van der Waals surface area contributed by atoms with Crippen LogP contribution in [0.3, 0.4) is 0 Å². The molecule has 1 aliphatic carbocycles. The molecule has 2 N–H and O–H groups in total. The minimum atomic E-state index is 0.156. The van der Waals surface area contributed by atoms with Crippen molar-refractivity contribution in [3.8, 4) is 0 Å². The van der Waals surface area contributed by atoms with Crippen molar-refractivity contribution < 1.29 is 4.79 Å². The SMILES string of the molecule is CC1CC2NCC(=O)NC2CC1C. The Kier molecular flexibility index (Phi) is 2.28. The molecule has 1 amide bonds. The zero-order valence-corrected chi connectivity index (χ0v) is 8.34. The molecule has 0 spiro atoms. The topological polar surface area (TPSA) is 41.1 Å². The lowest BCUT2D eigenvalue weighted by molar-refractivity contribution is -0.123. The van der Waals surface area contributed by atoms with Crippen molar-refractivity contribution in [1.82, 2.24) is 10.6 Å². The Morgan fingerprint density at radius 1 is 1.15 bits per heavy atom. The monoisotopic (exact) mass is 182 g/mol. The fourth-order valence-corrected chi connectivity index (χ4v) is 2.46. The van der Waals surface area contributed by atoms with Gasteiger partial charge in [0.25, 0.3) is 0 Å². The second-order valence-corrected chi connectivity index (χ2v) is 4.59. The summed E-state index contributed by atoms with van der Waals surface area (Å²) in [4.78, 5) is 11.1. The fourth-order valence-electron chi connectivity index (χ4n) is 2.46. The predicted octanol–water partition coefficient (Wildman–Crippen LogP) is 0.509. The molecule has 4 atom stereocenters. The maximum Gasteiger partial charge on any atom is 0.234 e. The van der Waals surface area contributed by atoms with Gasteiger partial charge in [-0.1, -0.05) is 13.8 Å².